The summed E-state index contributed by atoms with van der Waals surface area (Å²) in [6, 6.07) is 0.0234. The van der Waals surface area contributed by atoms with E-state index in [0.29, 0.717) is 6.42 Å². The van der Waals surface area contributed by atoms with E-state index >= 15 is 0 Å². The summed E-state index contributed by atoms with van der Waals surface area (Å²) >= 11 is 0. The van der Waals surface area contributed by atoms with Crippen LogP contribution in [-0.4, -0.2) is 107 Å². The molecule has 220 valence electrons. The highest BCUT2D eigenvalue weighted by Gasteiger charge is 2.45. The zero-order valence-corrected chi connectivity index (χ0v) is 21.4. The van der Waals surface area contributed by atoms with Gasteiger partial charge in [0.25, 0.3) is 5.56 Å². The summed E-state index contributed by atoms with van der Waals surface area (Å²) in [5.41, 5.74) is -0.771. The highest BCUT2D eigenvalue weighted by Crippen LogP contribution is 2.33. The molecule has 16 heteroatoms. The van der Waals surface area contributed by atoms with E-state index in [2.05, 4.69) is 20.6 Å². The molecule has 4 rings (SSSR count). The fraction of sp³-hybridized carbons (Fsp3) is 0.625. The molecular formula is C24H34N6O10. The molecule has 0 aromatic carbocycles. The van der Waals surface area contributed by atoms with Crippen molar-refractivity contribution in [2.75, 3.05) is 13.2 Å². The molecule has 2 aromatic heterocycles. The van der Waals surface area contributed by atoms with E-state index in [1.54, 1.807) is 6.20 Å². The van der Waals surface area contributed by atoms with Gasteiger partial charge in [0.2, 0.25) is 11.8 Å². The van der Waals surface area contributed by atoms with Crippen molar-refractivity contribution in [3.63, 3.8) is 0 Å². The summed E-state index contributed by atoms with van der Waals surface area (Å²) in [5.74, 6) is -2.29. The van der Waals surface area contributed by atoms with Crippen LogP contribution in [0.3, 0.4) is 0 Å². The Balaban J connectivity index is 1.38. The molecule has 2 amide bonds. The van der Waals surface area contributed by atoms with E-state index in [4.69, 9.17) is 4.74 Å². The monoisotopic (exact) mass is 566 g/mol. The van der Waals surface area contributed by atoms with Crippen molar-refractivity contribution in [1.29, 1.82) is 0 Å². The van der Waals surface area contributed by atoms with Crippen molar-refractivity contribution < 1.29 is 39.9 Å². The lowest BCUT2D eigenvalue weighted by Gasteiger charge is -2.22. The van der Waals surface area contributed by atoms with Crippen LogP contribution in [-0.2, 0) is 20.7 Å². The lowest BCUT2D eigenvalue weighted by molar-refractivity contribution is -0.130. The number of aliphatic hydroxyl groups is 5. The number of ether oxygens (including phenoxy) is 1. The minimum Gasteiger partial charge on any atom is -0.396 e. The number of carbonyl (C=O) groups is 2. The van der Waals surface area contributed by atoms with E-state index in [-0.39, 0.29) is 32.4 Å². The molecule has 3 heterocycles. The molecular weight excluding hydrogens is 532 g/mol. The Morgan fingerprint density at radius 2 is 1.88 bits per heavy atom. The quantitative estimate of drug-likeness (QED) is 0.126. The number of nitrogens with zero attached hydrogens (tertiary/aromatic N) is 2. The van der Waals surface area contributed by atoms with Crippen LogP contribution >= 0.6 is 0 Å². The van der Waals surface area contributed by atoms with Crippen LogP contribution in [0.15, 0.2) is 34.4 Å². The normalized spacial score (nSPS) is 30.7. The van der Waals surface area contributed by atoms with Crippen molar-refractivity contribution in [3.8, 4) is 0 Å². The van der Waals surface area contributed by atoms with Gasteiger partial charge in [-0.25, -0.2) is 9.78 Å². The number of hydrogen-bond donors (Lipinski definition) is 9. The van der Waals surface area contributed by atoms with Gasteiger partial charge in [0.05, 0.1) is 18.5 Å². The first-order valence-corrected chi connectivity index (χ1v) is 12.9. The first-order valence-electron chi connectivity index (χ1n) is 12.9. The van der Waals surface area contributed by atoms with Gasteiger partial charge in [0, 0.05) is 49.6 Å². The van der Waals surface area contributed by atoms with Gasteiger partial charge in [-0.2, -0.15) is 0 Å². The molecule has 0 bridgehead atoms. The highest BCUT2D eigenvalue weighted by atomic mass is 16.6. The van der Waals surface area contributed by atoms with E-state index in [9.17, 15) is 44.7 Å². The Kier molecular flexibility index (Phi) is 9.49. The summed E-state index contributed by atoms with van der Waals surface area (Å²) in [6.07, 6.45) is -3.00. The number of nitrogens with one attached hydrogen (secondary N) is 4. The van der Waals surface area contributed by atoms with Crippen LogP contribution in [0.1, 0.15) is 31.2 Å². The van der Waals surface area contributed by atoms with Gasteiger partial charge in [-0.05, 0) is 25.2 Å². The molecule has 9 atom stereocenters. The third kappa shape index (κ3) is 6.65. The number of amides is 2. The first-order chi connectivity index (χ1) is 19.1. The number of H-pyrrole nitrogens is 2. The Morgan fingerprint density at radius 1 is 1.12 bits per heavy atom. The molecule has 9 N–H and O–H groups in total. The molecule has 40 heavy (non-hydrogen) atoms. The zero-order valence-electron chi connectivity index (χ0n) is 21.4. The minimum atomic E-state index is -1.53. The summed E-state index contributed by atoms with van der Waals surface area (Å²) < 4.78 is 6.52. The summed E-state index contributed by atoms with van der Waals surface area (Å²) in [4.78, 5) is 58.2. The lowest BCUT2D eigenvalue weighted by atomic mass is 9.99. The summed E-state index contributed by atoms with van der Waals surface area (Å²) in [7, 11) is 0. The van der Waals surface area contributed by atoms with Crippen LogP contribution in [0, 0.1) is 11.8 Å². The van der Waals surface area contributed by atoms with E-state index in [0.717, 1.165) is 22.5 Å². The number of aryl methyl sites for hydroxylation is 1. The van der Waals surface area contributed by atoms with Crippen molar-refractivity contribution in [2.45, 2.75) is 68.5 Å². The molecule has 0 radical (unpaired) electrons. The van der Waals surface area contributed by atoms with E-state index in [1.165, 1.54) is 6.33 Å². The number of aromatic nitrogens is 4. The Hall–Kier alpha value is -3.41. The number of rotatable bonds is 11. The molecule has 16 nitrogen and oxygen atoms in total. The summed E-state index contributed by atoms with van der Waals surface area (Å²) in [6.45, 7) is -0.596. The molecule has 1 unspecified atom stereocenters. The second-order valence-corrected chi connectivity index (χ2v) is 10.2. The van der Waals surface area contributed by atoms with Gasteiger partial charge >= 0.3 is 5.69 Å². The first kappa shape index (κ1) is 29.6. The smallest absolute Gasteiger partial charge is 0.330 e. The fourth-order valence-electron chi connectivity index (χ4n) is 5.17. The van der Waals surface area contributed by atoms with Crippen molar-refractivity contribution >= 4 is 11.8 Å². The molecule has 1 saturated carbocycles. The lowest BCUT2D eigenvalue weighted by Crippen LogP contribution is -2.50. The van der Waals surface area contributed by atoms with E-state index < -0.39 is 77.7 Å². The van der Waals surface area contributed by atoms with Crippen LogP contribution in [0.25, 0.3) is 0 Å². The minimum absolute atomic E-state index is 0.168. The Bertz CT molecular complexity index is 1270. The van der Waals surface area contributed by atoms with Gasteiger partial charge in [0.15, 0.2) is 6.23 Å². The molecule has 1 aliphatic heterocycles. The van der Waals surface area contributed by atoms with Crippen LogP contribution in [0.2, 0.25) is 0 Å². The standard InChI is InChI=1S/C24H34N6O10/c31-9-12-5-11(18(34)19(12)35)6-17(33)28-14(2-1-13-7-25-10-27-13)22(38)26-8-15-20(36)21(37)23(40-15)30-4-3-16(32)29-24(30)39/h3-4,7,10-12,14-15,18-21,23,31,34-37H,1-2,5-6,8-9H2,(H,25,27)(H,26,38)(H,28,33)(H,29,32,39)/t11-,12+,14-,15?,18+,19+,20-,21-,23-/m1/s1. The molecule has 2 aromatic rings. The molecule has 2 aliphatic rings. The van der Waals surface area contributed by atoms with Gasteiger partial charge in [0.1, 0.15) is 24.4 Å². The zero-order chi connectivity index (χ0) is 29.0. The molecule has 2 fully saturated rings. The van der Waals surface area contributed by atoms with Gasteiger partial charge in [-0.3, -0.25) is 23.9 Å². The molecule has 1 saturated heterocycles. The second-order valence-electron chi connectivity index (χ2n) is 10.2. The predicted octanol–water partition coefficient (Wildman–Crippen LogP) is -4.15. The average Bonchev–Trinajstić information content (AvgIpc) is 3.61. The molecule has 1 aliphatic carbocycles. The van der Waals surface area contributed by atoms with Gasteiger partial charge < -0.3 is 45.9 Å². The van der Waals surface area contributed by atoms with Crippen molar-refractivity contribution in [1.82, 2.24) is 30.2 Å². The number of carbonyl (C=O) groups excluding carboxylic acids is 2. The Morgan fingerprint density at radius 3 is 2.52 bits per heavy atom. The van der Waals surface area contributed by atoms with E-state index in [1.807, 2.05) is 4.98 Å². The van der Waals surface area contributed by atoms with Gasteiger partial charge in [-0.15, -0.1) is 0 Å². The largest absolute Gasteiger partial charge is 0.396 e. The number of hydrogen-bond acceptors (Lipinski definition) is 11. The molecule has 0 spiro atoms. The average molecular weight is 567 g/mol. The van der Waals surface area contributed by atoms with Crippen molar-refractivity contribution in [3.05, 3.63) is 51.3 Å². The maximum atomic E-state index is 13.1. The topological polar surface area (TPSA) is 252 Å². The number of aromatic amines is 2. The third-order valence-electron chi connectivity index (χ3n) is 7.45. The second kappa shape index (κ2) is 12.8. The van der Waals surface area contributed by atoms with Crippen LogP contribution < -0.4 is 21.9 Å². The van der Waals surface area contributed by atoms with Crippen LogP contribution in [0.5, 0.6) is 0 Å². The van der Waals surface area contributed by atoms with Crippen LogP contribution in [0.4, 0.5) is 0 Å². The fourth-order valence-corrected chi connectivity index (χ4v) is 5.17. The number of aliphatic hydroxyl groups excluding tert-OH is 5. The number of imidazole rings is 1. The van der Waals surface area contributed by atoms with Gasteiger partial charge in [-0.1, -0.05) is 0 Å². The maximum Gasteiger partial charge on any atom is 0.330 e. The SMILES string of the molecule is O=C(C[C@H]1C[C@@H](CO)[C@H](O)[C@H]1O)N[C@H](CCc1cnc[nH]1)C(=O)NCC1O[C@@H](n2ccc(=O)[nH]c2=O)[C@H](O)[C@@H]1O. The van der Waals surface area contributed by atoms with Crippen molar-refractivity contribution in [2.24, 2.45) is 11.8 Å². The predicted molar refractivity (Wildman–Crippen MR) is 134 cm³/mol. The third-order valence-corrected chi connectivity index (χ3v) is 7.45. The summed E-state index contributed by atoms with van der Waals surface area (Å²) in [5, 5.41) is 55.7. The maximum absolute atomic E-state index is 13.1. The highest BCUT2D eigenvalue weighted by molar-refractivity contribution is 5.87. The Labute approximate surface area is 227 Å².